The third-order valence-electron chi connectivity index (χ3n) is 4.50. The number of amides is 1. The molecule has 1 unspecified atom stereocenters. The molecule has 32 heavy (non-hydrogen) atoms. The van der Waals surface area contributed by atoms with Crippen LogP contribution in [0, 0.1) is 5.82 Å². The molecule has 0 aliphatic rings. The monoisotopic (exact) mass is 496 g/mol. The Bertz CT molecular complexity index is 1220. The van der Waals surface area contributed by atoms with Crippen molar-refractivity contribution < 1.29 is 22.3 Å². The number of sulfonamides is 1. The summed E-state index contributed by atoms with van der Waals surface area (Å²) in [5.41, 5.74) is 1.06. The quantitative estimate of drug-likeness (QED) is 0.474. The molecule has 10 heteroatoms. The highest BCUT2D eigenvalue weighted by atomic mass is 35.5. The molecule has 0 bridgehead atoms. The maximum atomic E-state index is 13.8. The summed E-state index contributed by atoms with van der Waals surface area (Å²) in [5, 5.41) is 3.17. The largest absolute Gasteiger partial charge is 0.495 e. The molecule has 6 nitrogen and oxygen atoms in total. The van der Waals surface area contributed by atoms with Crippen molar-refractivity contribution in [2.75, 3.05) is 12.4 Å². The first-order valence-corrected chi connectivity index (χ1v) is 11.6. The Hall–Kier alpha value is -2.65. The van der Waals surface area contributed by atoms with Crippen molar-refractivity contribution >= 4 is 44.8 Å². The van der Waals surface area contributed by atoms with Gasteiger partial charge in [-0.05, 0) is 48.4 Å². The molecule has 1 amide bonds. The Balaban J connectivity index is 1.92. The lowest BCUT2D eigenvalue weighted by atomic mass is 10.1. The van der Waals surface area contributed by atoms with E-state index in [0.717, 1.165) is 17.7 Å². The first kappa shape index (κ1) is 24.0. The van der Waals surface area contributed by atoms with Crippen molar-refractivity contribution in [3.8, 4) is 5.75 Å². The second-order valence-electron chi connectivity index (χ2n) is 6.78. The average molecular weight is 497 g/mol. The Labute approximate surface area is 195 Å². The number of carbonyl (C=O) groups excluding carboxylic acids is 1. The van der Waals surface area contributed by atoms with Gasteiger partial charge in [-0.1, -0.05) is 53.5 Å². The second kappa shape index (κ2) is 10.3. The molecular weight excluding hydrogens is 478 g/mol. The average Bonchev–Trinajstić information content (AvgIpc) is 2.76. The van der Waals surface area contributed by atoms with E-state index in [1.165, 1.54) is 31.4 Å². The van der Waals surface area contributed by atoms with Crippen LogP contribution < -0.4 is 14.8 Å². The van der Waals surface area contributed by atoms with Gasteiger partial charge in [-0.15, -0.1) is 0 Å². The third kappa shape index (κ3) is 5.98. The molecule has 0 saturated heterocycles. The van der Waals surface area contributed by atoms with E-state index >= 15 is 0 Å². The molecule has 3 aromatic rings. The molecule has 1 atom stereocenters. The van der Waals surface area contributed by atoms with Crippen molar-refractivity contribution in [1.82, 2.24) is 4.72 Å². The topological polar surface area (TPSA) is 84.5 Å². The molecular formula is C22H19Cl2FN2O4S. The van der Waals surface area contributed by atoms with Crippen LogP contribution in [-0.4, -0.2) is 27.5 Å². The minimum absolute atomic E-state index is 0.0465. The lowest BCUT2D eigenvalue weighted by Gasteiger charge is -2.20. The highest BCUT2D eigenvalue weighted by Crippen LogP contribution is 2.26. The van der Waals surface area contributed by atoms with Gasteiger partial charge in [0.2, 0.25) is 15.9 Å². The second-order valence-corrected chi connectivity index (χ2v) is 9.27. The predicted molar refractivity (Wildman–Crippen MR) is 122 cm³/mol. The molecule has 0 radical (unpaired) electrons. The Morgan fingerprint density at radius 2 is 1.75 bits per heavy atom. The van der Waals surface area contributed by atoms with E-state index in [0.29, 0.717) is 10.7 Å². The standard InChI is InChI=1S/C22H19Cl2FN2O4S/c1-31-20-10-7-15(25)12-21(20)32(29,30)27-19(11-14-5-3-2-4-6-14)22(28)26-16-8-9-17(23)18(24)13-16/h2-10,12-13,19,27H,11H2,1H3,(H,26,28). The zero-order chi connectivity index (χ0) is 23.3. The number of methoxy groups -OCH3 is 1. The Kier molecular flexibility index (Phi) is 7.73. The van der Waals surface area contributed by atoms with Crippen molar-refractivity contribution in [3.05, 3.63) is 88.2 Å². The number of halogens is 3. The van der Waals surface area contributed by atoms with Gasteiger partial charge in [0.1, 0.15) is 22.5 Å². The van der Waals surface area contributed by atoms with E-state index in [1.807, 2.05) is 0 Å². The molecule has 0 aromatic heterocycles. The molecule has 0 aliphatic carbocycles. The highest BCUT2D eigenvalue weighted by Gasteiger charge is 2.29. The number of ether oxygens (including phenoxy) is 1. The summed E-state index contributed by atoms with van der Waals surface area (Å²) in [6.07, 6.45) is 0.0465. The van der Waals surface area contributed by atoms with E-state index in [4.69, 9.17) is 27.9 Å². The third-order valence-corrected chi connectivity index (χ3v) is 6.73. The maximum Gasteiger partial charge on any atom is 0.245 e. The molecule has 3 rings (SSSR count). The van der Waals surface area contributed by atoms with Crippen LogP contribution in [0.3, 0.4) is 0 Å². The van der Waals surface area contributed by atoms with Gasteiger partial charge < -0.3 is 10.1 Å². The van der Waals surface area contributed by atoms with Crippen LogP contribution in [0.5, 0.6) is 5.75 Å². The fraction of sp³-hybridized carbons (Fsp3) is 0.136. The summed E-state index contributed by atoms with van der Waals surface area (Å²) in [4.78, 5) is 12.6. The zero-order valence-corrected chi connectivity index (χ0v) is 19.1. The fourth-order valence-corrected chi connectivity index (χ4v) is 4.63. The minimum atomic E-state index is -4.32. The predicted octanol–water partition coefficient (Wildman–Crippen LogP) is 4.67. The van der Waals surface area contributed by atoms with E-state index in [2.05, 4.69) is 10.0 Å². The molecule has 0 saturated carbocycles. The molecule has 168 valence electrons. The van der Waals surface area contributed by atoms with Crippen LogP contribution >= 0.6 is 23.2 Å². The smallest absolute Gasteiger partial charge is 0.245 e. The summed E-state index contributed by atoms with van der Waals surface area (Å²) in [6, 6.07) is 15.3. The Morgan fingerprint density at radius 1 is 1.03 bits per heavy atom. The summed E-state index contributed by atoms with van der Waals surface area (Å²) < 4.78 is 47.3. The summed E-state index contributed by atoms with van der Waals surface area (Å²) >= 11 is 11.9. The highest BCUT2D eigenvalue weighted by molar-refractivity contribution is 7.89. The fourth-order valence-electron chi connectivity index (χ4n) is 2.95. The first-order chi connectivity index (χ1) is 15.2. The zero-order valence-electron chi connectivity index (χ0n) is 16.8. The van der Waals surface area contributed by atoms with Crippen molar-refractivity contribution in [2.24, 2.45) is 0 Å². The van der Waals surface area contributed by atoms with Gasteiger partial charge in [-0.3, -0.25) is 4.79 Å². The minimum Gasteiger partial charge on any atom is -0.495 e. The normalized spacial score (nSPS) is 12.2. The summed E-state index contributed by atoms with van der Waals surface area (Å²) in [5.74, 6) is -1.44. The van der Waals surface area contributed by atoms with Crippen LogP contribution in [0.25, 0.3) is 0 Å². The van der Waals surface area contributed by atoms with Gasteiger partial charge in [0.15, 0.2) is 0 Å². The molecule has 0 aliphatic heterocycles. The van der Waals surface area contributed by atoms with E-state index in [-0.39, 0.29) is 17.2 Å². The summed E-state index contributed by atoms with van der Waals surface area (Å²) in [6.45, 7) is 0. The number of rotatable bonds is 8. The lowest BCUT2D eigenvalue weighted by molar-refractivity contribution is -0.117. The maximum absolute atomic E-state index is 13.8. The molecule has 0 heterocycles. The van der Waals surface area contributed by atoms with Crippen LogP contribution in [0.1, 0.15) is 5.56 Å². The SMILES string of the molecule is COc1ccc(F)cc1S(=O)(=O)NC(Cc1ccccc1)C(=O)Nc1ccc(Cl)c(Cl)c1. The molecule has 0 fully saturated rings. The van der Waals surface area contributed by atoms with Crippen LogP contribution in [0.15, 0.2) is 71.6 Å². The Morgan fingerprint density at radius 3 is 2.41 bits per heavy atom. The molecule has 2 N–H and O–H groups in total. The van der Waals surface area contributed by atoms with Gasteiger partial charge in [-0.2, -0.15) is 4.72 Å². The van der Waals surface area contributed by atoms with Crippen molar-refractivity contribution in [1.29, 1.82) is 0 Å². The van der Waals surface area contributed by atoms with Crippen LogP contribution in [0.4, 0.5) is 10.1 Å². The number of benzene rings is 3. The van der Waals surface area contributed by atoms with Crippen molar-refractivity contribution in [3.63, 3.8) is 0 Å². The van der Waals surface area contributed by atoms with Gasteiger partial charge >= 0.3 is 0 Å². The van der Waals surface area contributed by atoms with Crippen LogP contribution in [0.2, 0.25) is 10.0 Å². The molecule has 0 spiro atoms. The van der Waals surface area contributed by atoms with Gasteiger partial charge in [0.25, 0.3) is 0 Å². The van der Waals surface area contributed by atoms with E-state index in [9.17, 15) is 17.6 Å². The first-order valence-electron chi connectivity index (χ1n) is 9.35. The van der Waals surface area contributed by atoms with Crippen LogP contribution in [-0.2, 0) is 21.2 Å². The van der Waals surface area contributed by atoms with Gasteiger partial charge in [0.05, 0.1) is 17.2 Å². The number of hydrogen-bond donors (Lipinski definition) is 2. The van der Waals surface area contributed by atoms with Crippen molar-refractivity contribution in [2.45, 2.75) is 17.4 Å². The van der Waals surface area contributed by atoms with E-state index < -0.39 is 32.7 Å². The number of hydrogen-bond acceptors (Lipinski definition) is 4. The number of nitrogens with one attached hydrogen (secondary N) is 2. The lowest BCUT2D eigenvalue weighted by Crippen LogP contribution is -2.45. The van der Waals surface area contributed by atoms with E-state index in [1.54, 1.807) is 30.3 Å². The number of carbonyl (C=O) groups is 1. The number of anilines is 1. The van der Waals surface area contributed by atoms with Gasteiger partial charge in [-0.25, -0.2) is 12.8 Å². The molecule has 3 aromatic carbocycles. The van der Waals surface area contributed by atoms with Gasteiger partial charge in [0, 0.05) is 5.69 Å². The summed E-state index contributed by atoms with van der Waals surface area (Å²) in [7, 11) is -3.05.